The zero-order valence-corrected chi connectivity index (χ0v) is 13.1. The average molecular weight is 335 g/mol. The van der Waals surface area contributed by atoms with Crippen LogP contribution in [0.1, 0.15) is 45.1 Å². The van der Waals surface area contributed by atoms with E-state index < -0.39 is 40.3 Å². The molecule has 0 aliphatic rings. The van der Waals surface area contributed by atoms with Crippen LogP contribution in [0.4, 0.5) is 17.6 Å². The first-order valence-electron chi connectivity index (χ1n) is 7.44. The fraction of sp³-hybridized carbons (Fsp3) is 0.562. The molecule has 0 aliphatic heterocycles. The van der Waals surface area contributed by atoms with E-state index in [4.69, 9.17) is 10.8 Å². The first kappa shape index (κ1) is 19.4. The lowest BCUT2D eigenvalue weighted by atomic mass is 9.85. The van der Waals surface area contributed by atoms with E-state index in [2.05, 4.69) is 0 Å². The predicted octanol–water partition coefficient (Wildman–Crippen LogP) is 3.78. The van der Waals surface area contributed by atoms with Gasteiger partial charge in [-0.1, -0.05) is 19.8 Å². The normalized spacial score (nSPS) is 15.3. The van der Waals surface area contributed by atoms with E-state index in [1.165, 1.54) is 6.92 Å². The number of aliphatic carboxylic acids is 1. The predicted molar refractivity (Wildman–Crippen MR) is 77.8 cm³/mol. The summed E-state index contributed by atoms with van der Waals surface area (Å²) in [6, 6.07) is 0.326. The molecule has 3 nitrogen and oxygen atoms in total. The van der Waals surface area contributed by atoms with Crippen LogP contribution in [0, 0.1) is 29.2 Å². The fourth-order valence-corrected chi connectivity index (χ4v) is 2.54. The van der Waals surface area contributed by atoms with Crippen LogP contribution >= 0.6 is 0 Å². The molecule has 0 aliphatic carbocycles. The van der Waals surface area contributed by atoms with Crippen LogP contribution < -0.4 is 5.73 Å². The third-order valence-electron chi connectivity index (χ3n) is 4.03. The maximum Gasteiger partial charge on any atom is 0.323 e. The van der Waals surface area contributed by atoms with Crippen LogP contribution in [0.15, 0.2) is 6.07 Å². The molecule has 0 radical (unpaired) electrons. The molecule has 1 aromatic carbocycles. The van der Waals surface area contributed by atoms with Gasteiger partial charge < -0.3 is 10.8 Å². The summed E-state index contributed by atoms with van der Waals surface area (Å²) >= 11 is 0. The quantitative estimate of drug-likeness (QED) is 0.432. The molecule has 7 heteroatoms. The summed E-state index contributed by atoms with van der Waals surface area (Å²) in [7, 11) is 0. The Bertz CT molecular complexity index is 576. The Balaban J connectivity index is 2.69. The number of hydrogen-bond acceptors (Lipinski definition) is 2. The van der Waals surface area contributed by atoms with Gasteiger partial charge in [-0.25, -0.2) is 17.6 Å². The first-order chi connectivity index (χ1) is 10.6. The van der Waals surface area contributed by atoms with Crippen molar-refractivity contribution in [2.75, 3.05) is 0 Å². The van der Waals surface area contributed by atoms with Gasteiger partial charge in [-0.05, 0) is 32.1 Å². The van der Waals surface area contributed by atoms with Gasteiger partial charge in [0.15, 0.2) is 17.5 Å². The second-order valence-corrected chi connectivity index (χ2v) is 6.04. The summed E-state index contributed by atoms with van der Waals surface area (Å²) in [5.41, 5.74) is 3.82. The van der Waals surface area contributed by atoms with E-state index in [9.17, 15) is 22.4 Å². The second kappa shape index (κ2) is 7.77. The zero-order valence-electron chi connectivity index (χ0n) is 13.1. The summed E-state index contributed by atoms with van der Waals surface area (Å²) in [6.45, 7) is 3.27. The van der Waals surface area contributed by atoms with Crippen LogP contribution in [0.25, 0.3) is 0 Å². The van der Waals surface area contributed by atoms with E-state index in [0.717, 1.165) is 0 Å². The van der Waals surface area contributed by atoms with Gasteiger partial charge in [-0.15, -0.1) is 0 Å². The molecule has 130 valence electrons. The summed E-state index contributed by atoms with van der Waals surface area (Å²) in [5.74, 6) is -7.04. The molecule has 23 heavy (non-hydrogen) atoms. The van der Waals surface area contributed by atoms with Crippen molar-refractivity contribution in [2.45, 2.75) is 51.5 Å². The molecule has 0 fully saturated rings. The molecular weight excluding hydrogens is 314 g/mol. The minimum atomic E-state index is -1.69. The Morgan fingerprint density at radius 1 is 1.26 bits per heavy atom. The van der Waals surface area contributed by atoms with E-state index in [1.54, 1.807) is 0 Å². The number of carboxylic acids is 1. The fourth-order valence-electron chi connectivity index (χ4n) is 2.54. The molecule has 2 unspecified atom stereocenters. The smallest absolute Gasteiger partial charge is 0.323 e. The Morgan fingerprint density at radius 3 is 2.39 bits per heavy atom. The van der Waals surface area contributed by atoms with Crippen LogP contribution in [0.3, 0.4) is 0 Å². The summed E-state index contributed by atoms with van der Waals surface area (Å²) in [4.78, 5) is 11.0. The SMILES string of the molecule is CCC(CCCc1c(F)cc(F)c(F)c1F)CC(C)(N)C(=O)O. The van der Waals surface area contributed by atoms with Crippen LogP contribution in [0.5, 0.6) is 0 Å². The molecule has 0 saturated heterocycles. The molecule has 1 aromatic rings. The van der Waals surface area contributed by atoms with Gasteiger partial charge in [0, 0.05) is 11.6 Å². The van der Waals surface area contributed by atoms with Crippen molar-refractivity contribution < 1.29 is 27.5 Å². The van der Waals surface area contributed by atoms with Gasteiger partial charge in [-0.2, -0.15) is 0 Å². The first-order valence-corrected chi connectivity index (χ1v) is 7.44. The average Bonchev–Trinajstić information content (AvgIpc) is 2.46. The molecule has 2 atom stereocenters. The van der Waals surface area contributed by atoms with Gasteiger partial charge in [0.05, 0.1) is 0 Å². The van der Waals surface area contributed by atoms with E-state index in [-0.39, 0.29) is 18.8 Å². The number of rotatable bonds is 8. The van der Waals surface area contributed by atoms with Crippen molar-refractivity contribution in [1.82, 2.24) is 0 Å². The van der Waals surface area contributed by atoms with Crippen molar-refractivity contribution in [3.63, 3.8) is 0 Å². The Labute approximate surface area is 132 Å². The van der Waals surface area contributed by atoms with E-state index in [0.29, 0.717) is 25.3 Å². The van der Waals surface area contributed by atoms with Gasteiger partial charge in [0.2, 0.25) is 0 Å². The molecule has 0 aromatic heterocycles. The summed E-state index contributed by atoms with van der Waals surface area (Å²) in [5, 5.41) is 9.02. The standard InChI is InChI=1S/C16H21F4NO2/c1-3-9(8-16(2,21)15(22)23)5-4-6-10-11(17)7-12(18)14(20)13(10)19/h7,9H,3-6,8,21H2,1-2H3,(H,22,23). The van der Waals surface area contributed by atoms with Crippen LogP contribution in [-0.2, 0) is 11.2 Å². The van der Waals surface area contributed by atoms with Crippen molar-refractivity contribution in [3.05, 3.63) is 34.9 Å². The van der Waals surface area contributed by atoms with Crippen molar-refractivity contribution in [1.29, 1.82) is 0 Å². The number of halogens is 4. The minimum absolute atomic E-state index is 0.0440. The lowest BCUT2D eigenvalue weighted by molar-refractivity contribution is -0.143. The largest absolute Gasteiger partial charge is 0.480 e. The second-order valence-electron chi connectivity index (χ2n) is 6.04. The molecule has 1 rings (SSSR count). The van der Waals surface area contributed by atoms with Gasteiger partial charge in [-0.3, -0.25) is 4.79 Å². The lowest BCUT2D eigenvalue weighted by Gasteiger charge is -2.25. The molecule has 0 heterocycles. The number of nitrogens with two attached hydrogens (primary N) is 1. The topological polar surface area (TPSA) is 63.3 Å². The third kappa shape index (κ3) is 4.92. The molecular formula is C16H21F4NO2. The van der Waals surface area contributed by atoms with E-state index in [1.807, 2.05) is 6.92 Å². The van der Waals surface area contributed by atoms with Crippen molar-refractivity contribution >= 4 is 5.97 Å². The highest BCUT2D eigenvalue weighted by Crippen LogP contribution is 2.25. The maximum absolute atomic E-state index is 13.6. The highest BCUT2D eigenvalue weighted by Gasteiger charge is 2.30. The van der Waals surface area contributed by atoms with E-state index >= 15 is 0 Å². The molecule has 0 amide bonds. The number of benzene rings is 1. The zero-order chi connectivity index (χ0) is 17.8. The molecule has 0 spiro atoms. The lowest BCUT2D eigenvalue weighted by Crippen LogP contribution is -2.46. The Hall–Kier alpha value is -1.63. The maximum atomic E-state index is 13.6. The van der Waals surface area contributed by atoms with Crippen LogP contribution in [-0.4, -0.2) is 16.6 Å². The van der Waals surface area contributed by atoms with Crippen molar-refractivity contribution in [2.24, 2.45) is 11.7 Å². The Kier molecular flexibility index (Phi) is 6.56. The van der Waals surface area contributed by atoms with Crippen LogP contribution in [0.2, 0.25) is 0 Å². The van der Waals surface area contributed by atoms with Crippen molar-refractivity contribution in [3.8, 4) is 0 Å². The molecule has 0 saturated carbocycles. The van der Waals surface area contributed by atoms with Gasteiger partial charge >= 0.3 is 5.97 Å². The highest BCUT2D eigenvalue weighted by atomic mass is 19.2. The number of carbonyl (C=O) groups is 1. The molecule has 3 N–H and O–H groups in total. The van der Waals surface area contributed by atoms with Gasteiger partial charge in [0.25, 0.3) is 0 Å². The summed E-state index contributed by atoms with van der Waals surface area (Å²) in [6.07, 6.45) is 1.58. The third-order valence-corrected chi connectivity index (χ3v) is 4.03. The minimum Gasteiger partial charge on any atom is -0.480 e. The number of hydrogen-bond donors (Lipinski definition) is 2. The number of carboxylic acid groups (broad SMARTS) is 1. The Morgan fingerprint density at radius 2 is 1.87 bits per heavy atom. The highest BCUT2D eigenvalue weighted by molar-refractivity contribution is 5.77. The molecule has 0 bridgehead atoms. The monoisotopic (exact) mass is 335 g/mol. The van der Waals surface area contributed by atoms with Gasteiger partial charge in [0.1, 0.15) is 11.4 Å². The summed E-state index contributed by atoms with van der Waals surface area (Å²) < 4.78 is 53.1.